The van der Waals surface area contributed by atoms with Gasteiger partial charge >= 0.3 is 0 Å². The Morgan fingerprint density at radius 3 is 2.61 bits per heavy atom. The van der Waals surface area contributed by atoms with E-state index >= 15 is 0 Å². The van der Waals surface area contributed by atoms with E-state index in [-0.39, 0.29) is 17.3 Å². The number of aliphatic hydroxyl groups excluding tert-OH is 1. The summed E-state index contributed by atoms with van der Waals surface area (Å²) in [6.07, 6.45) is 1.62. The van der Waals surface area contributed by atoms with E-state index in [1.165, 1.54) is 4.90 Å². The molecule has 23 heavy (non-hydrogen) atoms. The third-order valence-corrected chi connectivity index (χ3v) is 3.85. The molecule has 1 aromatic heterocycles. The Labute approximate surface area is 136 Å². The maximum atomic E-state index is 12.5. The number of likely N-dealkylation sites (N-methyl/N-ethyl adjacent to an activating group) is 1. The summed E-state index contributed by atoms with van der Waals surface area (Å²) in [5.74, 6) is -1.48. The highest BCUT2D eigenvalue weighted by molar-refractivity contribution is 6.09. The third-order valence-electron chi connectivity index (χ3n) is 3.85. The van der Waals surface area contributed by atoms with Crippen LogP contribution in [0, 0.1) is 5.92 Å². The van der Waals surface area contributed by atoms with Gasteiger partial charge in [-0.05, 0) is 26.2 Å². The molecule has 0 aliphatic carbocycles. The van der Waals surface area contributed by atoms with Gasteiger partial charge in [-0.3, -0.25) is 14.6 Å². The van der Waals surface area contributed by atoms with Gasteiger partial charge < -0.3 is 14.9 Å². The van der Waals surface area contributed by atoms with Crippen LogP contribution in [0.1, 0.15) is 25.6 Å². The summed E-state index contributed by atoms with van der Waals surface area (Å²) in [7, 11) is 3.81. The molecule has 1 atom stereocenters. The van der Waals surface area contributed by atoms with E-state index < -0.39 is 17.7 Å². The van der Waals surface area contributed by atoms with Crippen molar-refractivity contribution >= 4 is 11.7 Å². The Morgan fingerprint density at radius 2 is 2.09 bits per heavy atom. The van der Waals surface area contributed by atoms with Crippen LogP contribution in [0.3, 0.4) is 0 Å². The molecule has 1 N–H and O–H groups in total. The lowest BCUT2D eigenvalue weighted by Crippen LogP contribution is -2.37. The van der Waals surface area contributed by atoms with Crippen molar-refractivity contribution in [3.8, 4) is 0 Å². The minimum absolute atomic E-state index is 0.155. The Balaban J connectivity index is 2.46. The van der Waals surface area contributed by atoms with Crippen LogP contribution in [-0.4, -0.2) is 58.8 Å². The second-order valence-corrected chi connectivity index (χ2v) is 6.24. The SMILES string of the molecule is CC(C)C(=O)C1=C(O)C(=O)N(CCN(C)C)C1c1ccccn1. The number of hydrogen-bond acceptors (Lipinski definition) is 5. The fraction of sp³-hybridized carbons (Fsp3) is 0.471. The van der Waals surface area contributed by atoms with Gasteiger partial charge in [-0.2, -0.15) is 0 Å². The molecule has 0 radical (unpaired) electrons. The molecule has 0 saturated carbocycles. The lowest BCUT2D eigenvalue weighted by atomic mass is 9.93. The van der Waals surface area contributed by atoms with E-state index in [0.717, 1.165) is 0 Å². The predicted octanol–water partition coefficient (Wildman–Crippen LogP) is 1.56. The van der Waals surface area contributed by atoms with Crippen LogP contribution in [0.5, 0.6) is 0 Å². The minimum Gasteiger partial charge on any atom is -0.503 e. The normalized spacial score (nSPS) is 18.4. The van der Waals surface area contributed by atoms with Gasteiger partial charge in [-0.25, -0.2) is 0 Å². The summed E-state index contributed by atoms with van der Waals surface area (Å²) in [4.78, 5) is 32.8. The molecule has 0 fully saturated rings. The molecule has 6 nitrogen and oxygen atoms in total. The van der Waals surface area contributed by atoms with Gasteiger partial charge in [0.1, 0.15) is 6.04 Å². The number of Topliss-reactive ketones (excluding diaryl/α,β-unsaturated/α-hetero) is 1. The summed E-state index contributed by atoms with van der Waals surface area (Å²) in [5, 5.41) is 10.3. The molecule has 1 aromatic rings. The van der Waals surface area contributed by atoms with Crippen molar-refractivity contribution in [1.82, 2.24) is 14.8 Å². The van der Waals surface area contributed by atoms with Crippen LogP contribution in [0.15, 0.2) is 35.7 Å². The first-order valence-electron chi connectivity index (χ1n) is 7.68. The standard InChI is InChI=1S/C17H23N3O3/c1-11(2)15(21)13-14(12-7-5-6-8-18-12)20(10-9-19(3)4)17(23)16(13)22/h5-8,11,14,22H,9-10H2,1-4H3. The van der Waals surface area contributed by atoms with E-state index in [1.807, 2.05) is 25.1 Å². The van der Waals surface area contributed by atoms with E-state index in [0.29, 0.717) is 18.8 Å². The molecule has 0 aromatic carbocycles. The number of carbonyl (C=O) groups excluding carboxylic acids is 2. The number of aromatic nitrogens is 1. The molecule has 0 saturated heterocycles. The number of amides is 1. The predicted molar refractivity (Wildman–Crippen MR) is 86.7 cm³/mol. The molecule has 0 spiro atoms. The molecule has 1 aliphatic heterocycles. The van der Waals surface area contributed by atoms with Crippen molar-refractivity contribution in [3.63, 3.8) is 0 Å². The van der Waals surface area contributed by atoms with Crippen LogP contribution in [-0.2, 0) is 9.59 Å². The molecule has 2 heterocycles. The van der Waals surface area contributed by atoms with E-state index in [9.17, 15) is 14.7 Å². The molecule has 124 valence electrons. The van der Waals surface area contributed by atoms with Crippen LogP contribution in [0.2, 0.25) is 0 Å². The zero-order valence-electron chi connectivity index (χ0n) is 14.0. The molecule has 1 amide bonds. The van der Waals surface area contributed by atoms with Gasteiger partial charge in [0.15, 0.2) is 11.5 Å². The number of aliphatic hydroxyl groups is 1. The average Bonchev–Trinajstić information content (AvgIpc) is 2.77. The van der Waals surface area contributed by atoms with Crippen LogP contribution < -0.4 is 0 Å². The first-order valence-corrected chi connectivity index (χ1v) is 7.68. The molecular formula is C17H23N3O3. The summed E-state index contributed by atoms with van der Waals surface area (Å²) in [6.45, 7) is 4.55. The number of carbonyl (C=O) groups is 2. The van der Waals surface area contributed by atoms with E-state index in [4.69, 9.17) is 0 Å². The maximum Gasteiger partial charge on any atom is 0.290 e. The first kappa shape index (κ1) is 17.1. The summed E-state index contributed by atoms with van der Waals surface area (Å²) >= 11 is 0. The topological polar surface area (TPSA) is 73.7 Å². The highest BCUT2D eigenvalue weighted by Crippen LogP contribution is 2.37. The van der Waals surface area contributed by atoms with Crippen molar-refractivity contribution in [2.45, 2.75) is 19.9 Å². The molecule has 6 heteroatoms. The van der Waals surface area contributed by atoms with Crippen molar-refractivity contribution in [2.24, 2.45) is 5.92 Å². The Bertz CT molecular complexity index is 623. The second-order valence-electron chi connectivity index (χ2n) is 6.24. The average molecular weight is 317 g/mol. The van der Waals surface area contributed by atoms with Gasteiger partial charge in [0.2, 0.25) is 0 Å². The van der Waals surface area contributed by atoms with E-state index in [1.54, 1.807) is 32.2 Å². The largest absolute Gasteiger partial charge is 0.503 e. The van der Waals surface area contributed by atoms with Gasteiger partial charge in [-0.15, -0.1) is 0 Å². The number of hydrogen-bond donors (Lipinski definition) is 1. The van der Waals surface area contributed by atoms with Crippen molar-refractivity contribution in [3.05, 3.63) is 41.4 Å². The van der Waals surface area contributed by atoms with Gasteiger partial charge in [0.05, 0.1) is 11.3 Å². The molecule has 0 bridgehead atoms. The van der Waals surface area contributed by atoms with Gasteiger partial charge in [0.25, 0.3) is 5.91 Å². The third kappa shape index (κ3) is 3.42. The zero-order chi connectivity index (χ0) is 17.1. The van der Waals surface area contributed by atoms with Crippen molar-refractivity contribution in [1.29, 1.82) is 0 Å². The Kier molecular flexibility index (Phi) is 5.15. The number of pyridine rings is 1. The van der Waals surface area contributed by atoms with E-state index in [2.05, 4.69) is 4.98 Å². The van der Waals surface area contributed by atoms with Crippen molar-refractivity contribution < 1.29 is 14.7 Å². The Morgan fingerprint density at radius 1 is 1.39 bits per heavy atom. The smallest absolute Gasteiger partial charge is 0.290 e. The molecular weight excluding hydrogens is 294 g/mol. The molecule has 1 unspecified atom stereocenters. The summed E-state index contributed by atoms with van der Waals surface area (Å²) < 4.78 is 0. The van der Waals surface area contributed by atoms with Crippen LogP contribution in [0.4, 0.5) is 0 Å². The zero-order valence-corrected chi connectivity index (χ0v) is 14.0. The summed E-state index contributed by atoms with van der Waals surface area (Å²) in [5.41, 5.74) is 0.745. The minimum atomic E-state index is -0.626. The quantitative estimate of drug-likeness (QED) is 0.862. The summed E-state index contributed by atoms with van der Waals surface area (Å²) in [6, 6.07) is 4.73. The molecule has 1 aliphatic rings. The monoisotopic (exact) mass is 317 g/mol. The Hall–Kier alpha value is -2.21. The van der Waals surface area contributed by atoms with Crippen LogP contribution >= 0.6 is 0 Å². The number of rotatable bonds is 6. The molecule has 2 rings (SSSR count). The van der Waals surface area contributed by atoms with Crippen molar-refractivity contribution in [2.75, 3.05) is 27.2 Å². The highest BCUT2D eigenvalue weighted by Gasteiger charge is 2.44. The lowest BCUT2D eigenvalue weighted by Gasteiger charge is -2.27. The second kappa shape index (κ2) is 6.91. The van der Waals surface area contributed by atoms with Gasteiger partial charge in [-0.1, -0.05) is 19.9 Å². The highest BCUT2D eigenvalue weighted by atomic mass is 16.3. The maximum absolute atomic E-state index is 12.5. The van der Waals surface area contributed by atoms with Gasteiger partial charge in [0, 0.05) is 25.2 Å². The lowest BCUT2D eigenvalue weighted by molar-refractivity contribution is -0.129. The fourth-order valence-electron chi connectivity index (χ4n) is 2.60. The number of ketones is 1. The fourth-order valence-corrected chi connectivity index (χ4v) is 2.60. The first-order chi connectivity index (χ1) is 10.8. The number of nitrogens with zero attached hydrogens (tertiary/aromatic N) is 3. The van der Waals surface area contributed by atoms with Crippen LogP contribution in [0.25, 0.3) is 0 Å².